The van der Waals surface area contributed by atoms with E-state index >= 15 is 0 Å². The maximum Gasteiger partial charge on any atom is 0.229 e. The first-order valence-corrected chi connectivity index (χ1v) is 10.3. The number of carbonyl (C=O) groups excluding carboxylic acids is 3. The van der Waals surface area contributed by atoms with Crippen molar-refractivity contribution in [2.45, 2.75) is 102 Å². The molecule has 1 heterocycles. The lowest BCUT2D eigenvalue weighted by Gasteiger charge is -2.13. The molecule has 0 atom stereocenters. The predicted molar refractivity (Wildman–Crippen MR) is 97.9 cm³/mol. The van der Waals surface area contributed by atoms with Crippen LogP contribution in [0.4, 0.5) is 0 Å². The van der Waals surface area contributed by atoms with Gasteiger partial charge < -0.3 is 5.32 Å². The zero-order chi connectivity index (χ0) is 17.9. The average molecular weight is 351 g/mol. The summed E-state index contributed by atoms with van der Waals surface area (Å²) in [4.78, 5) is 36.2. The van der Waals surface area contributed by atoms with Crippen LogP contribution >= 0.6 is 0 Å². The average Bonchev–Trinajstić information content (AvgIpc) is 3.20. The molecule has 5 heteroatoms. The highest BCUT2D eigenvalue weighted by Crippen LogP contribution is 2.18. The Morgan fingerprint density at radius 2 is 1.36 bits per heavy atom. The Morgan fingerprint density at radius 1 is 0.840 bits per heavy atom. The van der Waals surface area contributed by atoms with Gasteiger partial charge in [0.25, 0.3) is 0 Å². The van der Waals surface area contributed by atoms with Crippen molar-refractivity contribution in [2.24, 2.45) is 0 Å². The first kappa shape index (κ1) is 19.9. The minimum Gasteiger partial charge on any atom is -0.353 e. The third-order valence-corrected chi connectivity index (χ3v) is 5.41. The van der Waals surface area contributed by atoms with Crippen LogP contribution < -0.4 is 5.32 Å². The Bertz CT molecular complexity index is 428. The second-order valence-corrected chi connectivity index (χ2v) is 7.57. The summed E-state index contributed by atoms with van der Waals surface area (Å²) in [6, 6.07) is 0.443. The molecule has 25 heavy (non-hydrogen) atoms. The van der Waals surface area contributed by atoms with E-state index in [1.165, 1.54) is 43.4 Å². The van der Waals surface area contributed by atoms with Crippen molar-refractivity contribution < 1.29 is 14.4 Å². The van der Waals surface area contributed by atoms with Gasteiger partial charge in [-0.2, -0.15) is 0 Å². The number of amides is 3. The highest BCUT2D eigenvalue weighted by atomic mass is 16.2. The summed E-state index contributed by atoms with van der Waals surface area (Å²) >= 11 is 0. The zero-order valence-electron chi connectivity index (χ0n) is 15.6. The zero-order valence-corrected chi connectivity index (χ0v) is 15.6. The van der Waals surface area contributed by atoms with Gasteiger partial charge >= 0.3 is 0 Å². The van der Waals surface area contributed by atoms with E-state index < -0.39 is 0 Å². The number of nitrogens with zero attached hydrogens (tertiary/aromatic N) is 1. The summed E-state index contributed by atoms with van der Waals surface area (Å²) in [5.74, 6) is 0.238. The maximum atomic E-state index is 11.8. The monoisotopic (exact) mass is 350 g/mol. The third kappa shape index (κ3) is 7.57. The van der Waals surface area contributed by atoms with Crippen molar-refractivity contribution >= 4 is 17.7 Å². The van der Waals surface area contributed by atoms with Crippen LogP contribution in [0.25, 0.3) is 0 Å². The lowest BCUT2D eigenvalue weighted by atomic mass is 10.1. The van der Waals surface area contributed by atoms with Gasteiger partial charge in [-0.05, 0) is 25.7 Å². The van der Waals surface area contributed by atoms with Crippen molar-refractivity contribution in [3.63, 3.8) is 0 Å². The Kier molecular flexibility index (Phi) is 8.98. The molecule has 1 aliphatic heterocycles. The van der Waals surface area contributed by atoms with E-state index in [2.05, 4.69) is 5.32 Å². The van der Waals surface area contributed by atoms with Gasteiger partial charge in [0.05, 0.1) is 0 Å². The molecule has 1 saturated carbocycles. The first-order chi connectivity index (χ1) is 12.2. The topological polar surface area (TPSA) is 66.5 Å². The number of carbonyl (C=O) groups is 3. The number of likely N-dealkylation sites (tertiary alicyclic amines) is 1. The summed E-state index contributed by atoms with van der Waals surface area (Å²) in [6.07, 6.45) is 15.2. The van der Waals surface area contributed by atoms with Crippen LogP contribution in [0, 0.1) is 0 Å². The van der Waals surface area contributed by atoms with Crippen LogP contribution in [0.2, 0.25) is 0 Å². The Hall–Kier alpha value is -1.39. The van der Waals surface area contributed by atoms with Gasteiger partial charge in [-0.25, -0.2) is 0 Å². The second kappa shape index (κ2) is 11.3. The summed E-state index contributed by atoms with van der Waals surface area (Å²) in [7, 11) is 0. The van der Waals surface area contributed by atoms with Crippen LogP contribution in [0.3, 0.4) is 0 Å². The number of rotatable bonds is 12. The Morgan fingerprint density at radius 3 is 1.96 bits per heavy atom. The highest BCUT2D eigenvalue weighted by molar-refractivity contribution is 6.01. The molecule has 2 rings (SSSR count). The molecule has 1 N–H and O–H groups in total. The molecule has 0 bridgehead atoms. The molecule has 0 aromatic heterocycles. The number of nitrogens with one attached hydrogen (secondary N) is 1. The molecule has 0 spiro atoms. The van der Waals surface area contributed by atoms with Crippen LogP contribution in [0.5, 0.6) is 0 Å². The largest absolute Gasteiger partial charge is 0.353 e. The lowest BCUT2D eigenvalue weighted by molar-refractivity contribution is -0.138. The summed E-state index contributed by atoms with van der Waals surface area (Å²) < 4.78 is 0. The fraction of sp³-hybridized carbons (Fsp3) is 0.850. The van der Waals surface area contributed by atoms with Crippen LogP contribution in [-0.2, 0) is 14.4 Å². The number of imide groups is 1. The van der Waals surface area contributed by atoms with Gasteiger partial charge in [0.1, 0.15) is 0 Å². The van der Waals surface area contributed by atoms with E-state index in [0.29, 0.717) is 31.8 Å². The Balaban J connectivity index is 1.34. The molecular weight excluding hydrogens is 316 g/mol. The normalized spacial score (nSPS) is 18.3. The molecule has 2 fully saturated rings. The van der Waals surface area contributed by atoms with Gasteiger partial charge in [0.15, 0.2) is 0 Å². The molecule has 0 unspecified atom stereocenters. The second-order valence-electron chi connectivity index (χ2n) is 7.57. The van der Waals surface area contributed by atoms with Crippen molar-refractivity contribution in [3.8, 4) is 0 Å². The SMILES string of the molecule is O=C(CCCCCCCCCCN1C(=O)CCC1=O)NC1CCCC1. The van der Waals surface area contributed by atoms with Crippen LogP contribution in [0.1, 0.15) is 96.3 Å². The van der Waals surface area contributed by atoms with E-state index in [1.807, 2.05) is 0 Å². The van der Waals surface area contributed by atoms with E-state index in [0.717, 1.165) is 38.5 Å². The van der Waals surface area contributed by atoms with Crippen LogP contribution in [0.15, 0.2) is 0 Å². The van der Waals surface area contributed by atoms with E-state index in [9.17, 15) is 14.4 Å². The fourth-order valence-electron chi connectivity index (χ4n) is 3.86. The van der Waals surface area contributed by atoms with Gasteiger partial charge in [-0.1, -0.05) is 51.4 Å². The molecule has 2 aliphatic rings. The highest BCUT2D eigenvalue weighted by Gasteiger charge is 2.27. The molecule has 142 valence electrons. The molecule has 0 aromatic rings. The summed E-state index contributed by atoms with van der Waals surface area (Å²) in [6.45, 7) is 0.605. The van der Waals surface area contributed by atoms with Gasteiger partial charge in [-0.3, -0.25) is 19.3 Å². The first-order valence-electron chi connectivity index (χ1n) is 10.3. The van der Waals surface area contributed by atoms with Crippen molar-refractivity contribution in [1.82, 2.24) is 10.2 Å². The van der Waals surface area contributed by atoms with Crippen molar-refractivity contribution in [3.05, 3.63) is 0 Å². The quantitative estimate of drug-likeness (QED) is 0.431. The minimum atomic E-state index is 0.00182. The molecular formula is C20H34N2O3. The maximum absolute atomic E-state index is 11.8. The third-order valence-electron chi connectivity index (χ3n) is 5.41. The summed E-state index contributed by atoms with van der Waals surface area (Å²) in [5, 5.41) is 3.14. The van der Waals surface area contributed by atoms with Crippen molar-refractivity contribution in [1.29, 1.82) is 0 Å². The number of hydrogen-bond donors (Lipinski definition) is 1. The fourth-order valence-corrected chi connectivity index (χ4v) is 3.86. The molecule has 1 saturated heterocycles. The van der Waals surface area contributed by atoms with Crippen LogP contribution in [-0.4, -0.2) is 35.2 Å². The van der Waals surface area contributed by atoms with Gasteiger partial charge in [0.2, 0.25) is 17.7 Å². The molecule has 3 amide bonds. The lowest BCUT2D eigenvalue weighted by Crippen LogP contribution is -2.32. The van der Waals surface area contributed by atoms with Gasteiger partial charge in [0, 0.05) is 31.8 Å². The Labute approximate surface area is 151 Å². The minimum absolute atomic E-state index is 0.00182. The summed E-state index contributed by atoms with van der Waals surface area (Å²) in [5.41, 5.74) is 0. The molecule has 5 nitrogen and oxygen atoms in total. The van der Waals surface area contributed by atoms with E-state index in [-0.39, 0.29) is 17.7 Å². The van der Waals surface area contributed by atoms with Gasteiger partial charge in [-0.15, -0.1) is 0 Å². The van der Waals surface area contributed by atoms with E-state index in [1.54, 1.807) is 0 Å². The van der Waals surface area contributed by atoms with E-state index in [4.69, 9.17) is 0 Å². The molecule has 1 aliphatic carbocycles. The number of hydrogen-bond acceptors (Lipinski definition) is 3. The predicted octanol–water partition coefficient (Wildman–Crippen LogP) is 3.71. The smallest absolute Gasteiger partial charge is 0.229 e. The standard InChI is InChI=1S/C20H34N2O3/c23-18(21-17-11-8-9-12-17)13-7-5-3-1-2-4-6-10-16-22-19(24)14-15-20(22)25/h17H,1-16H2,(H,21,23). The molecule has 0 radical (unpaired) electrons. The molecule has 0 aromatic carbocycles. The van der Waals surface area contributed by atoms with Crippen molar-refractivity contribution in [2.75, 3.05) is 6.54 Å². The number of unbranched alkanes of at least 4 members (excludes halogenated alkanes) is 7.